The van der Waals surface area contributed by atoms with Gasteiger partial charge in [0.1, 0.15) is 5.82 Å². The standard InChI is InChI=1S/C26H32N6O3/c1-5-6-14-31-24-23(25(34)30-26(31)35)32(15-16(2)3)20(29-24)12-13-21(33)28-19-9-7-8-18-11-10-17(4)27-22(18)19/h7-11,16H,5-6,12-15H2,1-4H3,(H,28,33)(H,30,34,35). The minimum Gasteiger partial charge on any atom is -0.324 e. The molecule has 0 radical (unpaired) electrons. The number of aromatic amines is 1. The van der Waals surface area contributed by atoms with Crippen LogP contribution in [0.15, 0.2) is 39.9 Å². The largest absolute Gasteiger partial charge is 0.330 e. The Balaban J connectivity index is 1.64. The summed E-state index contributed by atoms with van der Waals surface area (Å²) >= 11 is 0. The molecule has 184 valence electrons. The molecule has 3 aromatic heterocycles. The number of para-hydroxylation sites is 1. The number of unbranched alkanes of at least 4 members (excludes halogenated alkanes) is 1. The Labute approximate surface area is 203 Å². The fourth-order valence-electron chi connectivity index (χ4n) is 4.28. The first-order chi connectivity index (χ1) is 16.8. The summed E-state index contributed by atoms with van der Waals surface area (Å²) in [4.78, 5) is 49.8. The minimum atomic E-state index is -0.451. The molecular weight excluding hydrogens is 444 g/mol. The number of nitrogens with one attached hydrogen (secondary N) is 2. The third-order valence-electron chi connectivity index (χ3n) is 5.96. The molecule has 1 amide bonds. The molecule has 2 N–H and O–H groups in total. The molecule has 35 heavy (non-hydrogen) atoms. The zero-order valence-electron chi connectivity index (χ0n) is 20.7. The van der Waals surface area contributed by atoms with E-state index >= 15 is 0 Å². The average molecular weight is 477 g/mol. The van der Waals surface area contributed by atoms with Crippen molar-refractivity contribution in [1.29, 1.82) is 0 Å². The number of aromatic nitrogens is 5. The van der Waals surface area contributed by atoms with Gasteiger partial charge in [0, 0.05) is 37.0 Å². The molecule has 0 aliphatic carbocycles. The zero-order chi connectivity index (χ0) is 25.1. The molecule has 4 aromatic rings. The van der Waals surface area contributed by atoms with Crippen LogP contribution in [0.5, 0.6) is 0 Å². The number of aryl methyl sites for hydroxylation is 3. The first kappa shape index (κ1) is 24.4. The summed E-state index contributed by atoms with van der Waals surface area (Å²) in [6, 6.07) is 9.61. The second-order valence-electron chi connectivity index (χ2n) is 9.35. The number of pyridine rings is 1. The van der Waals surface area contributed by atoms with Crippen molar-refractivity contribution in [3.63, 3.8) is 0 Å². The van der Waals surface area contributed by atoms with Gasteiger partial charge in [0.2, 0.25) is 5.91 Å². The highest BCUT2D eigenvalue weighted by Gasteiger charge is 2.20. The topological polar surface area (TPSA) is 115 Å². The molecule has 9 heteroatoms. The molecule has 0 unspecified atom stereocenters. The predicted molar refractivity (Wildman–Crippen MR) is 138 cm³/mol. The highest BCUT2D eigenvalue weighted by Crippen LogP contribution is 2.22. The lowest BCUT2D eigenvalue weighted by molar-refractivity contribution is -0.116. The lowest BCUT2D eigenvalue weighted by Gasteiger charge is -2.12. The van der Waals surface area contributed by atoms with E-state index in [0.29, 0.717) is 42.2 Å². The van der Waals surface area contributed by atoms with E-state index in [9.17, 15) is 14.4 Å². The van der Waals surface area contributed by atoms with Gasteiger partial charge < -0.3 is 9.88 Å². The highest BCUT2D eigenvalue weighted by molar-refractivity contribution is 6.00. The van der Waals surface area contributed by atoms with Gasteiger partial charge in [0.15, 0.2) is 11.2 Å². The maximum Gasteiger partial charge on any atom is 0.330 e. The molecule has 0 saturated heterocycles. The number of H-pyrrole nitrogens is 1. The smallest absolute Gasteiger partial charge is 0.324 e. The second kappa shape index (κ2) is 10.2. The van der Waals surface area contributed by atoms with Crippen LogP contribution in [-0.2, 0) is 24.3 Å². The zero-order valence-corrected chi connectivity index (χ0v) is 20.7. The molecule has 9 nitrogen and oxygen atoms in total. The van der Waals surface area contributed by atoms with Crippen molar-refractivity contribution in [2.75, 3.05) is 5.32 Å². The molecule has 0 bridgehead atoms. The van der Waals surface area contributed by atoms with Crippen molar-refractivity contribution in [2.24, 2.45) is 5.92 Å². The summed E-state index contributed by atoms with van der Waals surface area (Å²) in [5, 5.41) is 3.93. The van der Waals surface area contributed by atoms with Gasteiger partial charge in [-0.15, -0.1) is 0 Å². The van der Waals surface area contributed by atoms with E-state index < -0.39 is 11.2 Å². The van der Waals surface area contributed by atoms with Crippen LogP contribution in [0.2, 0.25) is 0 Å². The summed E-state index contributed by atoms with van der Waals surface area (Å²) in [5.41, 5.74) is 2.17. The quantitative estimate of drug-likeness (QED) is 0.382. The first-order valence-corrected chi connectivity index (χ1v) is 12.2. The van der Waals surface area contributed by atoms with Crippen molar-refractivity contribution in [3.05, 3.63) is 62.7 Å². The number of imidazole rings is 1. The predicted octanol–water partition coefficient (Wildman–Crippen LogP) is 3.77. The summed E-state index contributed by atoms with van der Waals surface area (Å²) in [5.74, 6) is 0.707. The van der Waals surface area contributed by atoms with Crippen LogP contribution in [0.25, 0.3) is 22.1 Å². The molecule has 3 heterocycles. The van der Waals surface area contributed by atoms with Gasteiger partial charge in [-0.1, -0.05) is 45.4 Å². The van der Waals surface area contributed by atoms with Gasteiger partial charge >= 0.3 is 5.69 Å². The summed E-state index contributed by atoms with van der Waals surface area (Å²) in [6.07, 6.45) is 2.23. The van der Waals surface area contributed by atoms with Crippen molar-refractivity contribution < 1.29 is 4.79 Å². The van der Waals surface area contributed by atoms with Crippen LogP contribution in [0.3, 0.4) is 0 Å². The molecule has 0 spiro atoms. The maximum atomic E-state index is 12.9. The number of carbonyl (C=O) groups is 1. The summed E-state index contributed by atoms with van der Waals surface area (Å²) < 4.78 is 3.39. The third-order valence-corrected chi connectivity index (χ3v) is 5.96. The van der Waals surface area contributed by atoms with Crippen LogP contribution in [-0.4, -0.2) is 30.0 Å². The van der Waals surface area contributed by atoms with E-state index in [1.54, 1.807) is 0 Å². The van der Waals surface area contributed by atoms with Crippen molar-refractivity contribution >= 4 is 33.7 Å². The molecule has 0 saturated carbocycles. The summed E-state index contributed by atoms with van der Waals surface area (Å²) in [7, 11) is 0. The van der Waals surface area contributed by atoms with E-state index in [-0.39, 0.29) is 18.2 Å². The third kappa shape index (κ3) is 5.18. The van der Waals surface area contributed by atoms with E-state index in [1.807, 2.05) is 48.7 Å². The maximum absolute atomic E-state index is 12.9. The van der Waals surface area contributed by atoms with Crippen molar-refractivity contribution in [3.8, 4) is 0 Å². The van der Waals surface area contributed by atoms with Gasteiger partial charge in [-0.05, 0) is 31.4 Å². The van der Waals surface area contributed by atoms with E-state index in [1.165, 1.54) is 4.57 Å². The lowest BCUT2D eigenvalue weighted by Crippen LogP contribution is -2.31. The average Bonchev–Trinajstić information content (AvgIpc) is 3.15. The SMILES string of the molecule is CCCCn1c(=O)[nH]c(=O)c2c1nc(CCC(=O)Nc1cccc3ccc(C)nc13)n2CC(C)C. The Morgan fingerprint density at radius 3 is 2.66 bits per heavy atom. The lowest BCUT2D eigenvalue weighted by atomic mass is 10.1. The number of nitrogens with zero attached hydrogens (tertiary/aromatic N) is 4. The normalized spacial score (nSPS) is 11.6. The number of benzene rings is 1. The Morgan fingerprint density at radius 2 is 1.91 bits per heavy atom. The van der Waals surface area contributed by atoms with Gasteiger partial charge in [-0.25, -0.2) is 9.78 Å². The highest BCUT2D eigenvalue weighted by atomic mass is 16.2. The van der Waals surface area contributed by atoms with E-state index in [2.05, 4.69) is 29.1 Å². The Bertz CT molecular complexity index is 1500. The number of anilines is 1. The summed E-state index contributed by atoms with van der Waals surface area (Å²) in [6.45, 7) is 9.11. The molecule has 0 atom stereocenters. The Morgan fingerprint density at radius 1 is 1.11 bits per heavy atom. The number of fused-ring (bicyclic) bond motifs is 2. The molecule has 4 rings (SSSR count). The van der Waals surface area contributed by atoms with Gasteiger partial charge in [-0.3, -0.25) is 24.1 Å². The van der Waals surface area contributed by atoms with Crippen LogP contribution in [0, 0.1) is 12.8 Å². The minimum absolute atomic E-state index is 0.166. The fraction of sp³-hybridized carbons (Fsp3) is 0.423. The Kier molecular flexibility index (Phi) is 7.14. The number of hydrogen-bond acceptors (Lipinski definition) is 5. The monoisotopic (exact) mass is 476 g/mol. The van der Waals surface area contributed by atoms with Gasteiger partial charge in [0.05, 0.1) is 11.2 Å². The number of amides is 1. The fourth-order valence-corrected chi connectivity index (χ4v) is 4.28. The van der Waals surface area contributed by atoms with Crippen LogP contribution in [0.1, 0.15) is 51.6 Å². The molecule has 0 aliphatic heterocycles. The van der Waals surface area contributed by atoms with E-state index in [0.717, 1.165) is 29.4 Å². The van der Waals surface area contributed by atoms with Crippen LogP contribution >= 0.6 is 0 Å². The second-order valence-corrected chi connectivity index (χ2v) is 9.35. The van der Waals surface area contributed by atoms with E-state index in [4.69, 9.17) is 4.98 Å². The van der Waals surface area contributed by atoms with Gasteiger partial charge in [0.25, 0.3) is 5.56 Å². The van der Waals surface area contributed by atoms with Crippen LogP contribution in [0.4, 0.5) is 5.69 Å². The molecule has 0 fully saturated rings. The number of hydrogen-bond donors (Lipinski definition) is 2. The van der Waals surface area contributed by atoms with Crippen molar-refractivity contribution in [1.82, 2.24) is 24.1 Å². The number of carbonyl (C=O) groups excluding carboxylic acids is 1. The molecular formula is C26H32N6O3. The van der Waals surface area contributed by atoms with Gasteiger partial charge in [-0.2, -0.15) is 0 Å². The first-order valence-electron chi connectivity index (χ1n) is 12.2. The molecule has 1 aromatic carbocycles. The number of rotatable bonds is 9. The van der Waals surface area contributed by atoms with Crippen molar-refractivity contribution in [2.45, 2.75) is 66.5 Å². The van der Waals surface area contributed by atoms with Crippen LogP contribution < -0.4 is 16.6 Å². The Hall–Kier alpha value is -3.75. The molecule has 0 aliphatic rings.